The number of amides is 2. The molecule has 0 heterocycles. The highest BCUT2D eigenvalue weighted by Gasteiger charge is 2.31. The molecule has 0 aromatic heterocycles. The molecule has 3 rings (SSSR count). The molecule has 8 nitrogen and oxygen atoms in total. The second-order valence-electron chi connectivity index (χ2n) is 8.49. The molecule has 2 amide bonds. The molecular weight excluding hydrogens is 549 g/mol. The Hall–Kier alpha value is -3.27. The number of ether oxygens (including phenoxy) is 1. The Morgan fingerprint density at radius 3 is 2.13 bits per heavy atom. The number of halogens is 2. The standard InChI is InChI=1S/C27H29Cl2N3O5S/c1-4-25(27(34)30-2)31(17-19-10-15-23(28)24(29)16-19)26(33)18-32(38(3,35)36)20-11-13-22(14-12-20)37-21-8-6-5-7-9-21/h5-16,25H,4,17-18H2,1-3H3,(H,30,34)/t25-/m1/s1. The van der Waals surface area contributed by atoms with Gasteiger partial charge in [-0.3, -0.25) is 13.9 Å². The first kappa shape index (κ1) is 29.3. The van der Waals surface area contributed by atoms with Gasteiger partial charge in [-0.2, -0.15) is 0 Å². The summed E-state index contributed by atoms with van der Waals surface area (Å²) in [6, 6.07) is 19.6. The molecule has 0 aliphatic rings. The maximum atomic E-state index is 13.6. The van der Waals surface area contributed by atoms with Gasteiger partial charge in [0.25, 0.3) is 0 Å². The predicted molar refractivity (Wildman–Crippen MR) is 150 cm³/mol. The molecule has 38 heavy (non-hydrogen) atoms. The molecule has 3 aromatic carbocycles. The Bertz CT molecular complexity index is 1370. The summed E-state index contributed by atoms with van der Waals surface area (Å²) in [6.45, 7) is 1.30. The zero-order valence-electron chi connectivity index (χ0n) is 21.2. The molecule has 3 aromatic rings. The number of anilines is 1. The maximum Gasteiger partial charge on any atom is 0.244 e. The average molecular weight is 579 g/mol. The van der Waals surface area contributed by atoms with Crippen LogP contribution in [0.2, 0.25) is 10.0 Å². The van der Waals surface area contributed by atoms with Crippen molar-refractivity contribution in [2.75, 3.05) is 24.2 Å². The summed E-state index contributed by atoms with van der Waals surface area (Å²) in [5.41, 5.74) is 0.923. The summed E-state index contributed by atoms with van der Waals surface area (Å²) in [6.07, 6.45) is 1.34. The number of nitrogens with zero attached hydrogens (tertiary/aromatic N) is 2. The second-order valence-corrected chi connectivity index (χ2v) is 11.2. The van der Waals surface area contributed by atoms with Gasteiger partial charge in [-0.1, -0.05) is 54.4 Å². The van der Waals surface area contributed by atoms with E-state index in [1.54, 1.807) is 61.5 Å². The Balaban J connectivity index is 1.89. The number of para-hydroxylation sites is 1. The van der Waals surface area contributed by atoms with Gasteiger partial charge in [-0.05, 0) is 60.5 Å². The Labute approximate surface area is 233 Å². The van der Waals surface area contributed by atoms with Gasteiger partial charge in [-0.25, -0.2) is 8.42 Å². The molecule has 0 aliphatic carbocycles. The molecule has 0 unspecified atom stereocenters. The van der Waals surface area contributed by atoms with Gasteiger partial charge in [0, 0.05) is 13.6 Å². The van der Waals surface area contributed by atoms with Crippen molar-refractivity contribution in [1.82, 2.24) is 10.2 Å². The highest BCUT2D eigenvalue weighted by Crippen LogP contribution is 2.27. The van der Waals surface area contributed by atoms with Crippen molar-refractivity contribution in [3.8, 4) is 11.5 Å². The third-order valence-corrected chi connectivity index (χ3v) is 7.63. The smallest absolute Gasteiger partial charge is 0.244 e. The minimum absolute atomic E-state index is 0.0309. The monoisotopic (exact) mass is 577 g/mol. The van der Waals surface area contributed by atoms with Gasteiger partial charge in [0.15, 0.2) is 0 Å². The number of hydrogen-bond acceptors (Lipinski definition) is 5. The van der Waals surface area contributed by atoms with Crippen LogP contribution in [0.5, 0.6) is 11.5 Å². The number of benzene rings is 3. The zero-order valence-corrected chi connectivity index (χ0v) is 23.6. The number of nitrogens with one attached hydrogen (secondary N) is 1. The van der Waals surface area contributed by atoms with E-state index in [1.807, 2.05) is 18.2 Å². The molecule has 0 saturated carbocycles. The molecular formula is C27H29Cl2N3O5S. The Morgan fingerprint density at radius 1 is 0.947 bits per heavy atom. The van der Waals surface area contributed by atoms with E-state index in [0.717, 1.165) is 10.6 Å². The van der Waals surface area contributed by atoms with Crippen molar-refractivity contribution in [3.63, 3.8) is 0 Å². The maximum absolute atomic E-state index is 13.6. The van der Waals surface area contributed by atoms with E-state index in [1.165, 1.54) is 11.9 Å². The highest BCUT2D eigenvalue weighted by atomic mass is 35.5. The summed E-state index contributed by atoms with van der Waals surface area (Å²) in [4.78, 5) is 27.6. The van der Waals surface area contributed by atoms with Crippen LogP contribution in [-0.2, 0) is 26.2 Å². The lowest BCUT2D eigenvalue weighted by atomic mass is 10.1. The summed E-state index contributed by atoms with van der Waals surface area (Å²) in [5, 5.41) is 3.24. The molecule has 0 spiro atoms. The van der Waals surface area contributed by atoms with Crippen LogP contribution in [0.3, 0.4) is 0 Å². The average Bonchev–Trinajstić information content (AvgIpc) is 2.89. The lowest BCUT2D eigenvalue weighted by molar-refractivity contribution is -0.140. The largest absolute Gasteiger partial charge is 0.457 e. The zero-order chi connectivity index (χ0) is 27.9. The predicted octanol–water partition coefficient (Wildman–Crippen LogP) is 5.11. The van der Waals surface area contributed by atoms with Gasteiger partial charge < -0.3 is 15.0 Å². The lowest BCUT2D eigenvalue weighted by Crippen LogP contribution is -2.51. The van der Waals surface area contributed by atoms with E-state index in [2.05, 4.69) is 5.32 Å². The molecule has 0 bridgehead atoms. The van der Waals surface area contributed by atoms with Crippen LogP contribution in [0.4, 0.5) is 5.69 Å². The third kappa shape index (κ3) is 7.63. The molecule has 0 fully saturated rings. The summed E-state index contributed by atoms with van der Waals surface area (Å²) in [5.74, 6) is 0.218. The van der Waals surface area contributed by atoms with Gasteiger partial charge >= 0.3 is 0 Å². The first-order valence-corrected chi connectivity index (χ1v) is 14.4. The van der Waals surface area contributed by atoms with Crippen LogP contribution >= 0.6 is 23.2 Å². The fourth-order valence-corrected chi connectivity index (χ4v) is 5.01. The van der Waals surface area contributed by atoms with E-state index in [0.29, 0.717) is 33.5 Å². The van der Waals surface area contributed by atoms with Crippen LogP contribution in [0.15, 0.2) is 72.8 Å². The molecule has 0 radical (unpaired) electrons. The van der Waals surface area contributed by atoms with E-state index in [9.17, 15) is 18.0 Å². The van der Waals surface area contributed by atoms with Crippen LogP contribution < -0.4 is 14.4 Å². The molecule has 0 aliphatic heterocycles. The normalized spacial score (nSPS) is 11.9. The summed E-state index contributed by atoms with van der Waals surface area (Å²) in [7, 11) is -2.37. The van der Waals surface area contributed by atoms with Crippen LogP contribution in [0.1, 0.15) is 18.9 Å². The fourth-order valence-electron chi connectivity index (χ4n) is 3.84. The van der Waals surface area contributed by atoms with Crippen molar-refractivity contribution < 1.29 is 22.7 Å². The molecule has 11 heteroatoms. The quantitative estimate of drug-likeness (QED) is 0.342. The van der Waals surface area contributed by atoms with Crippen molar-refractivity contribution in [2.45, 2.75) is 25.9 Å². The Morgan fingerprint density at radius 2 is 1.58 bits per heavy atom. The summed E-state index contributed by atoms with van der Waals surface area (Å²) < 4.78 is 32.3. The highest BCUT2D eigenvalue weighted by molar-refractivity contribution is 7.92. The summed E-state index contributed by atoms with van der Waals surface area (Å²) >= 11 is 12.2. The SMILES string of the molecule is CC[C@H](C(=O)NC)N(Cc1ccc(Cl)c(Cl)c1)C(=O)CN(c1ccc(Oc2ccccc2)cc1)S(C)(=O)=O. The van der Waals surface area contributed by atoms with Crippen LogP contribution in [0.25, 0.3) is 0 Å². The lowest BCUT2D eigenvalue weighted by Gasteiger charge is -2.32. The molecule has 1 atom stereocenters. The Kier molecular flexibility index (Phi) is 10.0. The van der Waals surface area contributed by atoms with Gasteiger partial charge in [0.1, 0.15) is 24.1 Å². The van der Waals surface area contributed by atoms with E-state index < -0.39 is 28.5 Å². The fraction of sp³-hybridized carbons (Fsp3) is 0.259. The van der Waals surface area contributed by atoms with Crippen LogP contribution in [-0.4, -0.2) is 51.0 Å². The number of hydrogen-bond donors (Lipinski definition) is 1. The number of carbonyl (C=O) groups is 2. The van der Waals surface area contributed by atoms with Gasteiger partial charge in [-0.15, -0.1) is 0 Å². The minimum Gasteiger partial charge on any atom is -0.457 e. The van der Waals surface area contributed by atoms with Crippen molar-refractivity contribution >= 4 is 50.7 Å². The minimum atomic E-state index is -3.86. The van der Waals surface area contributed by atoms with Gasteiger partial charge in [0.2, 0.25) is 21.8 Å². The van der Waals surface area contributed by atoms with Crippen LogP contribution in [0, 0.1) is 0 Å². The second kappa shape index (κ2) is 13.0. The van der Waals surface area contributed by atoms with E-state index >= 15 is 0 Å². The number of rotatable bonds is 11. The van der Waals surface area contributed by atoms with E-state index in [4.69, 9.17) is 27.9 Å². The molecule has 1 N–H and O–H groups in total. The first-order chi connectivity index (χ1) is 18.0. The van der Waals surface area contributed by atoms with Gasteiger partial charge in [0.05, 0.1) is 22.0 Å². The first-order valence-electron chi connectivity index (χ1n) is 11.8. The number of carbonyl (C=O) groups excluding carboxylic acids is 2. The van der Waals surface area contributed by atoms with E-state index in [-0.39, 0.29) is 18.1 Å². The van der Waals surface area contributed by atoms with Crippen molar-refractivity contribution in [2.24, 2.45) is 0 Å². The third-order valence-electron chi connectivity index (χ3n) is 5.75. The molecule has 202 valence electrons. The van der Waals surface area contributed by atoms with Crippen molar-refractivity contribution in [3.05, 3.63) is 88.4 Å². The number of sulfonamides is 1. The molecule has 0 saturated heterocycles. The number of likely N-dealkylation sites (N-methyl/N-ethyl adjacent to an activating group) is 1. The van der Waals surface area contributed by atoms with Crippen molar-refractivity contribution in [1.29, 1.82) is 0 Å². The topological polar surface area (TPSA) is 96.0 Å².